The second-order valence-corrected chi connectivity index (χ2v) is 4.21. The van der Waals surface area contributed by atoms with E-state index in [1.165, 1.54) is 5.56 Å². The number of benzene rings is 1. The summed E-state index contributed by atoms with van der Waals surface area (Å²) in [5.41, 5.74) is 7.84. The van der Waals surface area contributed by atoms with Crippen molar-refractivity contribution in [3.05, 3.63) is 28.2 Å². The highest BCUT2D eigenvalue weighted by Gasteiger charge is 1.98. The van der Waals surface area contributed by atoms with Gasteiger partial charge in [-0.3, -0.25) is 4.99 Å². The van der Waals surface area contributed by atoms with E-state index < -0.39 is 0 Å². The van der Waals surface area contributed by atoms with Crippen molar-refractivity contribution in [1.82, 2.24) is 0 Å². The summed E-state index contributed by atoms with van der Waals surface area (Å²) in [6, 6.07) is 5.98. The Labute approximate surface area is 98.9 Å². The molecule has 0 spiro atoms. The molecule has 0 bridgehead atoms. The quantitative estimate of drug-likeness (QED) is 0.655. The molecule has 1 aromatic rings. The number of rotatable bonds is 3. The average molecular weight is 270 g/mol. The largest absolute Gasteiger partial charge is 0.370 e. The van der Waals surface area contributed by atoms with Gasteiger partial charge in [-0.1, -0.05) is 22.9 Å². The Morgan fingerprint density at radius 2 is 2.27 bits per heavy atom. The first kappa shape index (κ1) is 12.0. The van der Waals surface area contributed by atoms with Gasteiger partial charge < -0.3 is 11.1 Å². The van der Waals surface area contributed by atoms with Gasteiger partial charge in [0.1, 0.15) is 0 Å². The fourth-order valence-electron chi connectivity index (χ4n) is 1.14. The third kappa shape index (κ3) is 3.91. The molecule has 0 atom stereocenters. The predicted octanol–water partition coefficient (Wildman–Crippen LogP) is 2.89. The third-order valence-electron chi connectivity index (χ3n) is 1.94. The van der Waals surface area contributed by atoms with Gasteiger partial charge in [0.05, 0.1) is 0 Å². The van der Waals surface area contributed by atoms with Crippen LogP contribution in [0.1, 0.15) is 18.9 Å². The fourth-order valence-corrected chi connectivity index (χ4v) is 1.39. The van der Waals surface area contributed by atoms with Crippen LogP contribution >= 0.6 is 15.9 Å². The summed E-state index contributed by atoms with van der Waals surface area (Å²) in [4.78, 5) is 4.16. The molecule has 0 saturated carbocycles. The van der Waals surface area contributed by atoms with E-state index in [1.807, 2.05) is 25.1 Å². The van der Waals surface area contributed by atoms with E-state index in [0.717, 1.165) is 23.1 Å². The number of aryl methyl sites for hydroxylation is 1. The Morgan fingerprint density at radius 1 is 1.53 bits per heavy atom. The number of guanidine groups is 1. The summed E-state index contributed by atoms with van der Waals surface area (Å²) in [6.07, 6.45) is 1.00. The topological polar surface area (TPSA) is 50.4 Å². The number of aliphatic imine (C=N–C) groups is 1. The van der Waals surface area contributed by atoms with Crippen LogP contribution in [0.3, 0.4) is 0 Å². The van der Waals surface area contributed by atoms with Crippen LogP contribution in [0.5, 0.6) is 0 Å². The van der Waals surface area contributed by atoms with E-state index in [0.29, 0.717) is 5.96 Å². The molecule has 4 heteroatoms. The first-order valence-corrected chi connectivity index (χ1v) is 5.76. The zero-order chi connectivity index (χ0) is 11.3. The van der Waals surface area contributed by atoms with Crippen LogP contribution in [0.25, 0.3) is 0 Å². The third-order valence-corrected chi connectivity index (χ3v) is 2.83. The summed E-state index contributed by atoms with van der Waals surface area (Å²) < 4.78 is 1.09. The molecule has 1 rings (SSSR count). The van der Waals surface area contributed by atoms with Crippen molar-refractivity contribution in [2.75, 3.05) is 11.9 Å². The van der Waals surface area contributed by atoms with Gasteiger partial charge in [-0.05, 0) is 37.1 Å². The highest BCUT2D eigenvalue weighted by atomic mass is 79.9. The lowest BCUT2D eigenvalue weighted by Gasteiger charge is -2.07. The lowest BCUT2D eigenvalue weighted by atomic mass is 10.2. The molecule has 0 fully saturated rings. The summed E-state index contributed by atoms with van der Waals surface area (Å²) >= 11 is 3.45. The Balaban J connectivity index is 2.68. The van der Waals surface area contributed by atoms with Gasteiger partial charge in [-0.25, -0.2) is 0 Å². The Bertz CT molecular complexity index is 361. The SMILES string of the molecule is CCCN=C(N)Nc1ccc(Br)c(C)c1. The molecular weight excluding hydrogens is 254 g/mol. The molecule has 0 unspecified atom stereocenters. The minimum Gasteiger partial charge on any atom is -0.370 e. The maximum atomic E-state index is 5.71. The summed E-state index contributed by atoms with van der Waals surface area (Å²) in [7, 11) is 0. The van der Waals surface area contributed by atoms with E-state index >= 15 is 0 Å². The van der Waals surface area contributed by atoms with Crippen molar-refractivity contribution in [2.24, 2.45) is 10.7 Å². The molecule has 0 aliphatic rings. The molecular formula is C11H16BrN3. The number of nitrogens with two attached hydrogens (primary N) is 1. The second kappa shape index (κ2) is 5.75. The fraction of sp³-hybridized carbons (Fsp3) is 0.364. The van der Waals surface area contributed by atoms with Crippen LogP contribution in [-0.2, 0) is 0 Å². The van der Waals surface area contributed by atoms with Crippen LogP contribution in [0.2, 0.25) is 0 Å². The molecule has 1 aromatic carbocycles. The molecule has 0 aliphatic heterocycles. The lowest BCUT2D eigenvalue weighted by molar-refractivity contribution is 0.929. The van der Waals surface area contributed by atoms with Crippen LogP contribution < -0.4 is 11.1 Å². The van der Waals surface area contributed by atoms with Crippen molar-refractivity contribution in [1.29, 1.82) is 0 Å². The van der Waals surface area contributed by atoms with Gasteiger partial charge >= 0.3 is 0 Å². The summed E-state index contributed by atoms with van der Waals surface area (Å²) in [5.74, 6) is 0.471. The van der Waals surface area contributed by atoms with Crippen LogP contribution in [0.4, 0.5) is 5.69 Å². The van der Waals surface area contributed by atoms with E-state index in [4.69, 9.17) is 5.73 Å². The second-order valence-electron chi connectivity index (χ2n) is 3.36. The zero-order valence-corrected chi connectivity index (χ0v) is 10.6. The highest BCUT2D eigenvalue weighted by Crippen LogP contribution is 2.19. The van der Waals surface area contributed by atoms with Gasteiger partial charge in [0.25, 0.3) is 0 Å². The highest BCUT2D eigenvalue weighted by molar-refractivity contribution is 9.10. The summed E-state index contributed by atoms with van der Waals surface area (Å²) in [6.45, 7) is 4.86. The van der Waals surface area contributed by atoms with Crippen molar-refractivity contribution in [2.45, 2.75) is 20.3 Å². The number of nitrogens with zero attached hydrogens (tertiary/aromatic N) is 1. The number of nitrogens with one attached hydrogen (secondary N) is 1. The monoisotopic (exact) mass is 269 g/mol. The van der Waals surface area contributed by atoms with Crippen molar-refractivity contribution in [3.8, 4) is 0 Å². The summed E-state index contributed by atoms with van der Waals surface area (Å²) in [5, 5.41) is 3.05. The Kier molecular flexibility index (Phi) is 4.62. The van der Waals surface area contributed by atoms with Gasteiger partial charge in [-0.2, -0.15) is 0 Å². The van der Waals surface area contributed by atoms with Crippen molar-refractivity contribution >= 4 is 27.6 Å². The minimum absolute atomic E-state index is 0.471. The van der Waals surface area contributed by atoms with Gasteiger partial charge in [-0.15, -0.1) is 0 Å². The molecule has 0 heterocycles. The number of halogens is 1. The lowest BCUT2D eigenvalue weighted by Crippen LogP contribution is -2.22. The number of anilines is 1. The maximum Gasteiger partial charge on any atom is 0.193 e. The van der Waals surface area contributed by atoms with Crippen LogP contribution in [0, 0.1) is 6.92 Å². The minimum atomic E-state index is 0.471. The smallest absolute Gasteiger partial charge is 0.193 e. The first-order chi connectivity index (χ1) is 7.13. The molecule has 82 valence electrons. The molecule has 15 heavy (non-hydrogen) atoms. The van der Waals surface area contributed by atoms with Crippen LogP contribution in [-0.4, -0.2) is 12.5 Å². The van der Waals surface area contributed by atoms with Crippen molar-refractivity contribution in [3.63, 3.8) is 0 Å². The standard InChI is InChI=1S/C11H16BrN3/c1-3-6-14-11(13)15-9-4-5-10(12)8(2)7-9/h4-5,7H,3,6H2,1-2H3,(H3,13,14,15). The van der Waals surface area contributed by atoms with Crippen molar-refractivity contribution < 1.29 is 0 Å². The molecule has 0 saturated heterocycles. The maximum absolute atomic E-state index is 5.71. The molecule has 0 aliphatic carbocycles. The molecule has 3 N–H and O–H groups in total. The Morgan fingerprint density at radius 3 is 2.87 bits per heavy atom. The zero-order valence-electron chi connectivity index (χ0n) is 9.05. The van der Waals surface area contributed by atoms with Gasteiger partial charge in [0, 0.05) is 16.7 Å². The average Bonchev–Trinajstić information content (AvgIpc) is 2.20. The van der Waals surface area contributed by atoms with E-state index in [2.05, 4.69) is 33.2 Å². The first-order valence-electron chi connectivity index (χ1n) is 4.96. The number of hydrogen-bond acceptors (Lipinski definition) is 1. The van der Waals surface area contributed by atoms with E-state index in [9.17, 15) is 0 Å². The molecule has 3 nitrogen and oxygen atoms in total. The van der Waals surface area contributed by atoms with E-state index in [1.54, 1.807) is 0 Å². The Hall–Kier alpha value is -1.03. The molecule has 0 radical (unpaired) electrons. The van der Waals surface area contributed by atoms with E-state index in [-0.39, 0.29) is 0 Å². The van der Waals surface area contributed by atoms with Gasteiger partial charge in [0.15, 0.2) is 5.96 Å². The van der Waals surface area contributed by atoms with Gasteiger partial charge in [0.2, 0.25) is 0 Å². The van der Waals surface area contributed by atoms with Crippen LogP contribution in [0.15, 0.2) is 27.7 Å². The molecule has 0 aromatic heterocycles. The normalized spacial score (nSPS) is 11.5. The number of hydrogen-bond donors (Lipinski definition) is 2. The molecule has 0 amide bonds. The predicted molar refractivity (Wildman–Crippen MR) is 69.3 cm³/mol.